The number of aromatic nitrogens is 1. The molecule has 0 saturated heterocycles. The van der Waals surface area contributed by atoms with Crippen molar-refractivity contribution in [1.29, 1.82) is 0 Å². The number of rotatable bonds is 2. The van der Waals surface area contributed by atoms with Crippen LogP contribution in [-0.2, 0) is 0 Å². The SMILES string of the molecule is Cc1cc(Cl)nc(Cl)c1NC1CC(C)CCC1C. The molecule has 1 aromatic rings. The van der Waals surface area contributed by atoms with Crippen LogP contribution in [0.3, 0.4) is 0 Å². The summed E-state index contributed by atoms with van der Waals surface area (Å²) in [5.74, 6) is 1.45. The van der Waals surface area contributed by atoms with Crippen LogP contribution in [0, 0.1) is 18.8 Å². The zero-order chi connectivity index (χ0) is 13.3. The van der Waals surface area contributed by atoms with Crippen LogP contribution in [-0.4, -0.2) is 11.0 Å². The molecule has 1 heterocycles. The van der Waals surface area contributed by atoms with Gasteiger partial charge in [0.2, 0.25) is 0 Å². The van der Waals surface area contributed by atoms with Gasteiger partial charge in [0.15, 0.2) is 5.15 Å². The third kappa shape index (κ3) is 3.10. The zero-order valence-corrected chi connectivity index (χ0v) is 12.6. The topological polar surface area (TPSA) is 24.9 Å². The molecule has 0 radical (unpaired) electrons. The van der Waals surface area contributed by atoms with Crippen molar-refractivity contribution in [1.82, 2.24) is 4.98 Å². The predicted octanol–water partition coefficient (Wildman–Crippen LogP) is 4.93. The average molecular weight is 287 g/mol. The highest BCUT2D eigenvalue weighted by Crippen LogP contribution is 2.34. The Balaban J connectivity index is 2.18. The summed E-state index contributed by atoms with van der Waals surface area (Å²) in [6, 6.07) is 2.33. The lowest BCUT2D eigenvalue weighted by molar-refractivity contribution is 0.280. The second-order valence-electron chi connectivity index (χ2n) is 5.57. The van der Waals surface area contributed by atoms with Crippen molar-refractivity contribution in [2.45, 2.75) is 46.1 Å². The predicted molar refractivity (Wildman–Crippen MR) is 78.6 cm³/mol. The Bertz CT molecular complexity index is 411. The third-order valence-corrected chi connectivity index (χ3v) is 4.40. The normalized spacial score (nSPS) is 28.2. The van der Waals surface area contributed by atoms with Crippen molar-refractivity contribution in [3.63, 3.8) is 0 Å². The van der Waals surface area contributed by atoms with Crippen molar-refractivity contribution >= 4 is 28.9 Å². The molecule has 1 aliphatic rings. The highest BCUT2D eigenvalue weighted by Gasteiger charge is 2.26. The molecule has 4 heteroatoms. The Hall–Kier alpha value is -0.470. The number of aryl methyl sites for hydroxylation is 1. The number of pyridine rings is 1. The molecule has 1 N–H and O–H groups in total. The second kappa shape index (κ2) is 5.66. The molecule has 0 bridgehead atoms. The van der Waals surface area contributed by atoms with Gasteiger partial charge in [-0.15, -0.1) is 0 Å². The highest BCUT2D eigenvalue weighted by atomic mass is 35.5. The Labute approximate surface area is 119 Å². The monoisotopic (exact) mass is 286 g/mol. The van der Waals surface area contributed by atoms with E-state index in [1.165, 1.54) is 19.3 Å². The zero-order valence-electron chi connectivity index (χ0n) is 11.1. The lowest BCUT2D eigenvalue weighted by Gasteiger charge is -2.34. The summed E-state index contributed by atoms with van der Waals surface area (Å²) in [7, 11) is 0. The van der Waals surface area contributed by atoms with E-state index in [4.69, 9.17) is 23.2 Å². The fourth-order valence-electron chi connectivity index (χ4n) is 2.69. The first-order valence-electron chi connectivity index (χ1n) is 6.56. The van der Waals surface area contributed by atoms with E-state index in [0.29, 0.717) is 22.3 Å². The van der Waals surface area contributed by atoms with Gasteiger partial charge in [-0.2, -0.15) is 0 Å². The lowest BCUT2D eigenvalue weighted by Crippen LogP contribution is -2.33. The number of nitrogens with zero attached hydrogens (tertiary/aromatic N) is 1. The fraction of sp³-hybridized carbons (Fsp3) is 0.643. The molecule has 3 atom stereocenters. The Kier molecular flexibility index (Phi) is 4.39. The van der Waals surface area contributed by atoms with Gasteiger partial charge in [0.25, 0.3) is 0 Å². The minimum atomic E-state index is 0.452. The minimum Gasteiger partial charge on any atom is -0.379 e. The van der Waals surface area contributed by atoms with Crippen molar-refractivity contribution in [3.8, 4) is 0 Å². The molecule has 2 nitrogen and oxygen atoms in total. The first-order valence-corrected chi connectivity index (χ1v) is 7.32. The summed E-state index contributed by atoms with van der Waals surface area (Å²) in [5, 5.41) is 4.50. The molecule has 1 saturated carbocycles. The van der Waals surface area contributed by atoms with E-state index in [1.54, 1.807) is 0 Å². The number of anilines is 1. The molecule has 100 valence electrons. The lowest BCUT2D eigenvalue weighted by atomic mass is 9.80. The van der Waals surface area contributed by atoms with E-state index in [1.807, 2.05) is 13.0 Å². The maximum absolute atomic E-state index is 6.18. The molecular weight excluding hydrogens is 267 g/mol. The van der Waals surface area contributed by atoms with Gasteiger partial charge in [-0.3, -0.25) is 0 Å². The van der Waals surface area contributed by atoms with Crippen LogP contribution in [0.4, 0.5) is 5.69 Å². The number of hydrogen-bond donors (Lipinski definition) is 1. The quantitative estimate of drug-likeness (QED) is 0.780. The van der Waals surface area contributed by atoms with Crippen LogP contribution in [0.5, 0.6) is 0 Å². The van der Waals surface area contributed by atoms with Gasteiger partial charge in [-0.05, 0) is 43.2 Å². The summed E-state index contributed by atoms with van der Waals surface area (Å²) in [5.41, 5.74) is 2.00. The molecule has 2 rings (SSSR count). The van der Waals surface area contributed by atoms with E-state index in [0.717, 1.165) is 17.2 Å². The summed E-state index contributed by atoms with van der Waals surface area (Å²) in [6.07, 6.45) is 3.79. The van der Waals surface area contributed by atoms with Gasteiger partial charge in [-0.25, -0.2) is 4.98 Å². The smallest absolute Gasteiger partial charge is 0.154 e. The van der Waals surface area contributed by atoms with Crippen molar-refractivity contribution < 1.29 is 0 Å². The number of hydrogen-bond acceptors (Lipinski definition) is 2. The molecule has 0 aromatic carbocycles. The van der Waals surface area contributed by atoms with E-state index >= 15 is 0 Å². The first-order chi connectivity index (χ1) is 8.47. The molecule has 1 aromatic heterocycles. The molecule has 1 fully saturated rings. The summed E-state index contributed by atoms with van der Waals surface area (Å²) in [6.45, 7) is 6.63. The molecule has 1 aliphatic carbocycles. The summed E-state index contributed by atoms with van der Waals surface area (Å²) >= 11 is 12.1. The minimum absolute atomic E-state index is 0.452. The van der Waals surface area contributed by atoms with Crippen LogP contribution in [0.1, 0.15) is 38.7 Å². The Morgan fingerprint density at radius 3 is 2.67 bits per heavy atom. The number of nitrogens with one attached hydrogen (secondary N) is 1. The number of halogens is 2. The summed E-state index contributed by atoms with van der Waals surface area (Å²) in [4.78, 5) is 4.11. The first kappa shape index (κ1) is 14.0. The van der Waals surface area contributed by atoms with E-state index in [9.17, 15) is 0 Å². The molecule has 3 unspecified atom stereocenters. The molecular formula is C14H20Cl2N2. The van der Waals surface area contributed by atoms with Crippen LogP contribution >= 0.6 is 23.2 Å². The average Bonchev–Trinajstić information content (AvgIpc) is 2.28. The standard InChI is InChI=1S/C14H20Cl2N2/c1-8-4-5-9(2)11(6-8)17-13-10(3)7-12(15)18-14(13)16/h7-9,11,17H,4-6H2,1-3H3. The van der Waals surface area contributed by atoms with Gasteiger partial charge >= 0.3 is 0 Å². The highest BCUT2D eigenvalue weighted by molar-refractivity contribution is 6.34. The maximum Gasteiger partial charge on any atom is 0.154 e. The van der Waals surface area contributed by atoms with E-state index < -0.39 is 0 Å². The van der Waals surface area contributed by atoms with Crippen LogP contribution in [0.15, 0.2) is 6.07 Å². The van der Waals surface area contributed by atoms with Gasteiger partial charge in [0.05, 0.1) is 5.69 Å². The van der Waals surface area contributed by atoms with Crippen molar-refractivity contribution in [3.05, 3.63) is 21.9 Å². The van der Waals surface area contributed by atoms with Crippen LogP contribution in [0.2, 0.25) is 10.3 Å². The molecule has 0 aliphatic heterocycles. The Morgan fingerprint density at radius 1 is 1.28 bits per heavy atom. The van der Waals surface area contributed by atoms with E-state index in [-0.39, 0.29) is 0 Å². The van der Waals surface area contributed by atoms with Crippen LogP contribution < -0.4 is 5.32 Å². The van der Waals surface area contributed by atoms with E-state index in [2.05, 4.69) is 24.1 Å². The van der Waals surface area contributed by atoms with Gasteiger partial charge in [0, 0.05) is 6.04 Å². The molecule has 0 amide bonds. The molecule has 0 spiro atoms. The van der Waals surface area contributed by atoms with Crippen molar-refractivity contribution in [2.24, 2.45) is 11.8 Å². The summed E-state index contributed by atoms with van der Waals surface area (Å²) < 4.78 is 0. The maximum atomic E-state index is 6.18. The van der Waals surface area contributed by atoms with Gasteiger partial charge in [-0.1, -0.05) is 43.5 Å². The van der Waals surface area contributed by atoms with Crippen LogP contribution in [0.25, 0.3) is 0 Å². The largest absolute Gasteiger partial charge is 0.379 e. The fourth-order valence-corrected chi connectivity index (χ4v) is 3.27. The van der Waals surface area contributed by atoms with Crippen molar-refractivity contribution in [2.75, 3.05) is 5.32 Å². The third-order valence-electron chi connectivity index (χ3n) is 3.93. The Morgan fingerprint density at radius 2 is 2.00 bits per heavy atom. The van der Waals surface area contributed by atoms with Gasteiger partial charge in [0.1, 0.15) is 5.15 Å². The van der Waals surface area contributed by atoms with Gasteiger partial charge < -0.3 is 5.32 Å². The molecule has 18 heavy (non-hydrogen) atoms. The second-order valence-corrected chi connectivity index (χ2v) is 6.32.